The molecule has 0 aliphatic heterocycles. The Morgan fingerprint density at radius 1 is 1.33 bits per heavy atom. The van der Waals surface area contributed by atoms with E-state index < -0.39 is 0 Å². The first-order valence-electron chi connectivity index (χ1n) is 8.10. The summed E-state index contributed by atoms with van der Waals surface area (Å²) >= 11 is 5.91. The summed E-state index contributed by atoms with van der Waals surface area (Å²) in [6.07, 6.45) is 2.65. The Kier molecular flexibility index (Phi) is 5.17. The highest BCUT2D eigenvalue weighted by Crippen LogP contribution is 2.34. The molecule has 2 aromatic rings. The molecule has 0 saturated carbocycles. The molecule has 3 nitrogen and oxygen atoms in total. The molecule has 0 saturated heterocycles. The van der Waals surface area contributed by atoms with Crippen LogP contribution in [0.5, 0.6) is 0 Å². The van der Waals surface area contributed by atoms with E-state index in [-0.39, 0.29) is 22.8 Å². The van der Waals surface area contributed by atoms with Gasteiger partial charge in [-0.25, -0.2) is 4.39 Å². The van der Waals surface area contributed by atoms with E-state index in [9.17, 15) is 9.18 Å². The summed E-state index contributed by atoms with van der Waals surface area (Å²) in [6, 6.07) is 11.1. The molecule has 1 unspecified atom stereocenters. The van der Waals surface area contributed by atoms with E-state index in [1.54, 1.807) is 25.2 Å². The lowest BCUT2D eigenvalue weighted by atomic mass is 10.1. The predicted octanol–water partition coefficient (Wildman–Crippen LogP) is 3.66. The first-order valence-corrected chi connectivity index (χ1v) is 8.48. The molecule has 0 radical (unpaired) electrons. The molecule has 2 N–H and O–H groups in total. The van der Waals surface area contributed by atoms with Gasteiger partial charge in [-0.3, -0.25) is 4.79 Å². The Balaban J connectivity index is 1.61. The summed E-state index contributed by atoms with van der Waals surface area (Å²) in [5, 5.41) is 6.33. The van der Waals surface area contributed by atoms with Gasteiger partial charge in [0.1, 0.15) is 5.82 Å². The van der Waals surface area contributed by atoms with Gasteiger partial charge in [-0.05, 0) is 66.8 Å². The Labute approximate surface area is 146 Å². The van der Waals surface area contributed by atoms with Crippen LogP contribution >= 0.6 is 11.6 Å². The second-order valence-corrected chi connectivity index (χ2v) is 6.45. The SMILES string of the molecule is CNC(=O)c1cccc(CCNC2CCc3cc(F)c(Cl)cc32)c1. The topological polar surface area (TPSA) is 41.1 Å². The molecule has 126 valence electrons. The predicted molar refractivity (Wildman–Crippen MR) is 94.0 cm³/mol. The van der Waals surface area contributed by atoms with Gasteiger partial charge >= 0.3 is 0 Å². The molecule has 24 heavy (non-hydrogen) atoms. The number of rotatable bonds is 5. The van der Waals surface area contributed by atoms with Gasteiger partial charge in [-0.2, -0.15) is 0 Å². The molecule has 1 amide bonds. The summed E-state index contributed by atoms with van der Waals surface area (Å²) in [5.41, 5.74) is 3.92. The number of carbonyl (C=O) groups is 1. The number of nitrogens with one attached hydrogen (secondary N) is 2. The summed E-state index contributed by atoms with van der Waals surface area (Å²) < 4.78 is 13.5. The maximum absolute atomic E-state index is 13.5. The van der Waals surface area contributed by atoms with E-state index in [1.165, 1.54) is 0 Å². The molecular weight excluding hydrogens is 327 g/mol. The zero-order valence-corrected chi connectivity index (χ0v) is 14.3. The fraction of sp³-hybridized carbons (Fsp3) is 0.316. The van der Waals surface area contributed by atoms with Gasteiger partial charge < -0.3 is 10.6 Å². The number of hydrogen-bond donors (Lipinski definition) is 2. The lowest BCUT2D eigenvalue weighted by molar-refractivity contribution is 0.0963. The summed E-state index contributed by atoms with van der Waals surface area (Å²) in [6.45, 7) is 0.788. The van der Waals surface area contributed by atoms with Gasteiger partial charge in [-0.1, -0.05) is 23.7 Å². The zero-order valence-electron chi connectivity index (χ0n) is 13.5. The van der Waals surface area contributed by atoms with Crippen LogP contribution in [0.25, 0.3) is 0 Å². The number of carbonyl (C=O) groups excluding carboxylic acids is 1. The summed E-state index contributed by atoms with van der Waals surface area (Å²) in [5.74, 6) is -0.423. The fourth-order valence-corrected chi connectivity index (χ4v) is 3.39. The quantitative estimate of drug-likeness (QED) is 0.867. The van der Waals surface area contributed by atoms with Crippen LogP contribution in [0, 0.1) is 5.82 Å². The average Bonchev–Trinajstić information content (AvgIpc) is 2.97. The smallest absolute Gasteiger partial charge is 0.251 e. The van der Waals surface area contributed by atoms with Crippen LogP contribution < -0.4 is 10.6 Å². The van der Waals surface area contributed by atoms with Crippen LogP contribution in [0.4, 0.5) is 4.39 Å². The van der Waals surface area contributed by atoms with E-state index >= 15 is 0 Å². The molecule has 1 aliphatic rings. The van der Waals surface area contributed by atoms with Crippen molar-refractivity contribution in [2.24, 2.45) is 0 Å². The maximum atomic E-state index is 13.5. The van der Waals surface area contributed by atoms with Crippen molar-refractivity contribution in [3.63, 3.8) is 0 Å². The van der Waals surface area contributed by atoms with E-state index in [4.69, 9.17) is 11.6 Å². The molecule has 1 atom stereocenters. The highest BCUT2D eigenvalue weighted by Gasteiger charge is 2.23. The van der Waals surface area contributed by atoms with Crippen LogP contribution in [0.3, 0.4) is 0 Å². The third kappa shape index (κ3) is 3.60. The van der Waals surface area contributed by atoms with Crippen LogP contribution in [0.15, 0.2) is 36.4 Å². The van der Waals surface area contributed by atoms with Crippen LogP contribution in [-0.2, 0) is 12.8 Å². The van der Waals surface area contributed by atoms with E-state index in [2.05, 4.69) is 10.6 Å². The fourth-order valence-electron chi connectivity index (χ4n) is 3.21. The lowest BCUT2D eigenvalue weighted by Crippen LogP contribution is -2.22. The molecule has 0 heterocycles. The van der Waals surface area contributed by atoms with E-state index in [0.29, 0.717) is 5.56 Å². The normalized spacial score (nSPS) is 16.0. The van der Waals surface area contributed by atoms with E-state index in [0.717, 1.165) is 42.5 Å². The molecule has 2 aromatic carbocycles. The van der Waals surface area contributed by atoms with Crippen molar-refractivity contribution < 1.29 is 9.18 Å². The molecule has 1 aliphatic carbocycles. The Hall–Kier alpha value is -1.91. The Bertz CT molecular complexity index is 763. The third-order valence-electron chi connectivity index (χ3n) is 4.48. The number of fused-ring (bicyclic) bond motifs is 1. The third-order valence-corrected chi connectivity index (χ3v) is 4.77. The van der Waals surface area contributed by atoms with Gasteiger partial charge in [0, 0.05) is 18.7 Å². The van der Waals surface area contributed by atoms with Crippen LogP contribution in [0.2, 0.25) is 5.02 Å². The highest BCUT2D eigenvalue weighted by atomic mass is 35.5. The van der Waals surface area contributed by atoms with Crippen molar-refractivity contribution in [2.75, 3.05) is 13.6 Å². The van der Waals surface area contributed by atoms with Gasteiger partial charge in [0.25, 0.3) is 5.91 Å². The van der Waals surface area contributed by atoms with Crippen molar-refractivity contribution in [1.29, 1.82) is 0 Å². The van der Waals surface area contributed by atoms with Gasteiger partial charge in [0.05, 0.1) is 5.02 Å². The van der Waals surface area contributed by atoms with Crippen LogP contribution in [0.1, 0.15) is 39.5 Å². The minimum absolute atomic E-state index is 0.0776. The Morgan fingerprint density at radius 2 is 2.17 bits per heavy atom. The molecule has 0 fully saturated rings. The van der Waals surface area contributed by atoms with Gasteiger partial charge in [0.2, 0.25) is 0 Å². The number of halogens is 2. The number of aryl methyl sites for hydroxylation is 1. The number of amides is 1. The van der Waals surface area contributed by atoms with Crippen molar-refractivity contribution in [1.82, 2.24) is 10.6 Å². The van der Waals surface area contributed by atoms with Gasteiger partial charge in [0.15, 0.2) is 0 Å². The molecule has 3 rings (SSSR count). The van der Waals surface area contributed by atoms with Crippen molar-refractivity contribution >= 4 is 17.5 Å². The first kappa shape index (κ1) is 16.9. The second-order valence-electron chi connectivity index (χ2n) is 6.04. The van der Waals surface area contributed by atoms with E-state index in [1.807, 2.05) is 18.2 Å². The first-order chi connectivity index (χ1) is 11.6. The molecule has 0 bridgehead atoms. The minimum Gasteiger partial charge on any atom is -0.355 e. The molecule has 0 spiro atoms. The highest BCUT2D eigenvalue weighted by molar-refractivity contribution is 6.30. The monoisotopic (exact) mass is 346 g/mol. The standard InChI is InChI=1S/C19H20ClFN2O/c1-22-19(24)14-4-2-3-12(9-14)7-8-23-18-6-5-13-10-17(21)16(20)11-15(13)18/h2-4,9-11,18,23H,5-8H2,1H3,(H,22,24). The van der Waals surface area contributed by atoms with Gasteiger partial charge in [-0.15, -0.1) is 0 Å². The second kappa shape index (κ2) is 7.32. The zero-order chi connectivity index (χ0) is 17.1. The summed E-state index contributed by atoms with van der Waals surface area (Å²) in [7, 11) is 1.63. The lowest BCUT2D eigenvalue weighted by Gasteiger charge is -2.15. The van der Waals surface area contributed by atoms with Crippen molar-refractivity contribution in [2.45, 2.75) is 25.3 Å². The van der Waals surface area contributed by atoms with Crippen molar-refractivity contribution in [3.05, 3.63) is 69.5 Å². The number of hydrogen-bond acceptors (Lipinski definition) is 2. The summed E-state index contributed by atoms with van der Waals surface area (Å²) in [4.78, 5) is 11.7. The van der Waals surface area contributed by atoms with Crippen molar-refractivity contribution in [3.8, 4) is 0 Å². The molecule has 5 heteroatoms. The Morgan fingerprint density at radius 3 is 2.96 bits per heavy atom. The largest absolute Gasteiger partial charge is 0.355 e. The number of benzene rings is 2. The molecule has 0 aromatic heterocycles. The average molecular weight is 347 g/mol. The maximum Gasteiger partial charge on any atom is 0.251 e. The van der Waals surface area contributed by atoms with Crippen LogP contribution in [-0.4, -0.2) is 19.5 Å². The minimum atomic E-state index is -0.345. The molecular formula is C19H20ClFN2O.